The third-order valence-electron chi connectivity index (χ3n) is 5.92. The number of carbonyl (C=O) groups is 1. The van der Waals surface area contributed by atoms with Crippen molar-refractivity contribution in [1.82, 2.24) is 14.9 Å². The molecule has 1 aliphatic heterocycles. The summed E-state index contributed by atoms with van der Waals surface area (Å²) < 4.78 is 5.81. The van der Waals surface area contributed by atoms with Crippen molar-refractivity contribution in [3.63, 3.8) is 0 Å². The number of primary amides is 1. The maximum absolute atomic E-state index is 12.2. The van der Waals surface area contributed by atoms with Crippen LogP contribution in [0.15, 0.2) is 48.5 Å². The summed E-state index contributed by atoms with van der Waals surface area (Å²) in [6, 6.07) is 13.2. The number of carbonyl (C=O) groups excluding carboxylic acids is 1. The first-order valence-electron chi connectivity index (χ1n) is 11.7. The average Bonchev–Trinajstić information content (AvgIpc) is 2.84. The van der Waals surface area contributed by atoms with Crippen molar-refractivity contribution in [1.29, 1.82) is 0 Å². The largest absolute Gasteiger partial charge is 0.437 e. The Morgan fingerprint density at radius 3 is 2.41 bits per heavy atom. The van der Waals surface area contributed by atoms with Crippen LogP contribution in [0.1, 0.15) is 30.0 Å². The van der Waals surface area contributed by atoms with Gasteiger partial charge in [0.15, 0.2) is 11.5 Å². The van der Waals surface area contributed by atoms with Crippen LogP contribution in [-0.2, 0) is 5.60 Å². The van der Waals surface area contributed by atoms with Crippen molar-refractivity contribution < 1.29 is 19.6 Å². The zero-order valence-corrected chi connectivity index (χ0v) is 20.8. The van der Waals surface area contributed by atoms with Gasteiger partial charge in [-0.2, -0.15) is 4.98 Å². The Bertz CT molecular complexity index is 1300. The van der Waals surface area contributed by atoms with Gasteiger partial charge in [-0.3, -0.25) is 14.9 Å². The van der Waals surface area contributed by atoms with Gasteiger partial charge in [0.25, 0.3) is 11.6 Å². The van der Waals surface area contributed by atoms with Crippen LogP contribution in [0.5, 0.6) is 11.6 Å². The van der Waals surface area contributed by atoms with E-state index in [0.29, 0.717) is 5.69 Å². The summed E-state index contributed by atoms with van der Waals surface area (Å²) in [5, 5.41) is 24.9. The highest BCUT2D eigenvalue weighted by atomic mass is 16.6. The van der Waals surface area contributed by atoms with E-state index in [4.69, 9.17) is 10.5 Å². The maximum atomic E-state index is 12.2. The van der Waals surface area contributed by atoms with E-state index in [9.17, 15) is 20.0 Å². The number of nitro groups is 1. The molecule has 0 radical (unpaired) electrons. The number of hydrogen-bond donors (Lipinski definition) is 3. The molecule has 4 rings (SSSR count). The summed E-state index contributed by atoms with van der Waals surface area (Å²) in [6.07, 6.45) is 0. The number of rotatable bonds is 8. The molecule has 1 aromatic heterocycles. The number of aromatic nitrogens is 2. The summed E-state index contributed by atoms with van der Waals surface area (Å²) in [6.45, 7) is 6.73. The van der Waals surface area contributed by atoms with E-state index in [0.717, 1.165) is 31.9 Å². The molecule has 4 N–H and O–H groups in total. The maximum Gasteiger partial charge on any atom is 0.273 e. The van der Waals surface area contributed by atoms with Gasteiger partial charge in [-0.25, -0.2) is 4.98 Å². The van der Waals surface area contributed by atoms with Crippen molar-refractivity contribution in [2.24, 2.45) is 5.73 Å². The van der Waals surface area contributed by atoms with Crippen LogP contribution in [-0.4, -0.2) is 64.0 Å². The standard InChI is InChI=1S/C25H29N7O5/c1-25(2,34)21-24(37-19-6-4-5-18(15-19)32(35)36)29-23(20(28-21)22(26)33)27-16-7-9-17(10-8-16)31-13-11-30(3)12-14-31/h4-10,15,34H,11-14H2,1-3H3,(H2,26,33)(H,27,29). The van der Waals surface area contributed by atoms with Gasteiger partial charge in [-0.15, -0.1) is 0 Å². The molecule has 2 heterocycles. The van der Waals surface area contributed by atoms with Crippen LogP contribution in [0.2, 0.25) is 0 Å². The van der Waals surface area contributed by atoms with E-state index in [1.54, 1.807) is 0 Å². The van der Waals surface area contributed by atoms with Gasteiger partial charge < -0.3 is 30.7 Å². The number of hydrogen-bond acceptors (Lipinski definition) is 10. The molecule has 37 heavy (non-hydrogen) atoms. The van der Waals surface area contributed by atoms with Crippen molar-refractivity contribution in [2.75, 3.05) is 43.4 Å². The van der Waals surface area contributed by atoms with Gasteiger partial charge in [-0.1, -0.05) is 6.07 Å². The van der Waals surface area contributed by atoms with Crippen molar-refractivity contribution in [2.45, 2.75) is 19.4 Å². The number of aliphatic hydroxyl groups is 1. The topological polar surface area (TPSA) is 160 Å². The van der Waals surface area contributed by atoms with Crippen LogP contribution in [0.3, 0.4) is 0 Å². The van der Waals surface area contributed by atoms with Gasteiger partial charge in [0.1, 0.15) is 17.0 Å². The number of ether oxygens (including phenoxy) is 1. The smallest absolute Gasteiger partial charge is 0.273 e. The highest BCUT2D eigenvalue weighted by molar-refractivity contribution is 5.96. The van der Waals surface area contributed by atoms with E-state index < -0.39 is 16.4 Å². The Hall–Kier alpha value is -4.29. The van der Waals surface area contributed by atoms with Crippen molar-refractivity contribution in [3.05, 3.63) is 70.0 Å². The first-order chi connectivity index (χ1) is 17.5. The number of likely N-dealkylation sites (N-methyl/N-ethyl adjacent to an activating group) is 1. The molecule has 0 aliphatic carbocycles. The lowest BCUT2D eigenvalue weighted by atomic mass is 10.1. The molecular formula is C25H29N7O5. The number of nitro benzene ring substituents is 1. The van der Waals surface area contributed by atoms with E-state index in [2.05, 4.69) is 32.1 Å². The molecule has 1 fully saturated rings. The number of non-ortho nitro benzene ring substituents is 1. The minimum Gasteiger partial charge on any atom is -0.437 e. The first-order valence-corrected chi connectivity index (χ1v) is 11.7. The molecule has 12 nitrogen and oxygen atoms in total. The SMILES string of the molecule is CN1CCN(c2ccc(Nc3nc(Oc4cccc([N+](=O)[O-])c4)c(C(C)(C)O)nc3C(N)=O)cc2)CC1. The number of nitrogens with one attached hydrogen (secondary N) is 1. The number of piperazine rings is 1. The van der Waals surface area contributed by atoms with Gasteiger partial charge in [0.05, 0.1) is 11.0 Å². The van der Waals surface area contributed by atoms with Gasteiger partial charge in [-0.05, 0) is 51.2 Å². The number of nitrogens with two attached hydrogens (primary N) is 1. The van der Waals surface area contributed by atoms with Crippen molar-refractivity contribution in [3.8, 4) is 11.6 Å². The highest BCUT2D eigenvalue weighted by Crippen LogP contribution is 2.34. The Morgan fingerprint density at radius 1 is 1.14 bits per heavy atom. The zero-order valence-electron chi connectivity index (χ0n) is 20.8. The van der Waals surface area contributed by atoms with Crippen LogP contribution >= 0.6 is 0 Å². The number of amides is 1. The fraction of sp³-hybridized carbons (Fsp3) is 0.320. The number of benzene rings is 2. The van der Waals surface area contributed by atoms with E-state index >= 15 is 0 Å². The minimum absolute atomic E-state index is 0.0216. The van der Waals surface area contributed by atoms with Gasteiger partial charge >= 0.3 is 0 Å². The molecular weight excluding hydrogens is 478 g/mol. The Labute approximate surface area is 213 Å². The van der Waals surface area contributed by atoms with E-state index in [1.165, 1.54) is 38.1 Å². The molecule has 12 heteroatoms. The van der Waals surface area contributed by atoms with Crippen LogP contribution < -0.4 is 20.7 Å². The summed E-state index contributed by atoms with van der Waals surface area (Å²) in [4.78, 5) is 36.1. The predicted octanol–water partition coefficient (Wildman–Crippen LogP) is 3.00. The Kier molecular flexibility index (Phi) is 7.23. The van der Waals surface area contributed by atoms with Crippen LogP contribution in [0, 0.1) is 10.1 Å². The molecule has 0 unspecified atom stereocenters. The first kappa shape index (κ1) is 25.8. The quantitative estimate of drug-likeness (QED) is 0.305. The van der Waals surface area contributed by atoms with E-state index in [1.807, 2.05) is 24.3 Å². The lowest BCUT2D eigenvalue weighted by Crippen LogP contribution is -2.44. The molecule has 1 saturated heterocycles. The fourth-order valence-electron chi connectivity index (χ4n) is 3.88. The predicted molar refractivity (Wildman–Crippen MR) is 138 cm³/mol. The van der Waals surface area contributed by atoms with Crippen LogP contribution in [0.25, 0.3) is 0 Å². The van der Waals surface area contributed by atoms with Crippen molar-refractivity contribution >= 4 is 28.8 Å². The number of anilines is 3. The molecule has 0 bridgehead atoms. The van der Waals surface area contributed by atoms with Gasteiger partial charge in [0.2, 0.25) is 5.88 Å². The van der Waals surface area contributed by atoms with Gasteiger partial charge in [0, 0.05) is 43.6 Å². The lowest BCUT2D eigenvalue weighted by Gasteiger charge is -2.34. The van der Waals surface area contributed by atoms with Crippen LogP contribution in [0.4, 0.5) is 22.9 Å². The molecule has 3 aromatic rings. The molecule has 0 spiro atoms. The second-order valence-corrected chi connectivity index (χ2v) is 9.32. The summed E-state index contributed by atoms with van der Waals surface area (Å²) in [7, 11) is 2.10. The summed E-state index contributed by atoms with van der Waals surface area (Å²) in [5.41, 5.74) is 5.31. The molecule has 0 atom stereocenters. The third kappa shape index (κ3) is 6.11. The Morgan fingerprint density at radius 2 is 1.81 bits per heavy atom. The highest BCUT2D eigenvalue weighted by Gasteiger charge is 2.29. The fourth-order valence-corrected chi connectivity index (χ4v) is 3.88. The summed E-state index contributed by atoms with van der Waals surface area (Å²) >= 11 is 0. The zero-order chi connectivity index (χ0) is 26.7. The second kappa shape index (κ2) is 10.4. The Balaban J connectivity index is 1.67. The molecule has 0 saturated carbocycles. The van der Waals surface area contributed by atoms with E-state index in [-0.39, 0.29) is 34.5 Å². The summed E-state index contributed by atoms with van der Waals surface area (Å²) in [5.74, 6) is -0.845. The molecule has 194 valence electrons. The lowest BCUT2D eigenvalue weighted by molar-refractivity contribution is -0.384. The molecule has 1 amide bonds. The minimum atomic E-state index is -1.56. The average molecular weight is 508 g/mol. The monoisotopic (exact) mass is 507 g/mol. The molecule has 2 aromatic carbocycles. The third-order valence-corrected chi connectivity index (χ3v) is 5.92. The normalized spacial score (nSPS) is 14.3. The second-order valence-electron chi connectivity index (χ2n) is 9.32. The number of nitrogens with zero attached hydrogens (tertiary/aromatic N) is 5. The molecule has 1 aliphatic rings.